The minimum atomic E-state index is 0.661. The van der Waals surface area contributed by atoms with Crippen LogP contribution in [0.1, 0.15) is 11.1 Å². The van der Waals surface area contributed by atoms with Crippen LogP contribution in [0.25, 0.3) is 54.0 Å². The molecule has 0 fully saturated rings. The molecule has 0 saturated heterocycles. The fraction of sp³-hybridized carbons (Fsp3) is 0.125. The third-order valence-electron chi connectivity index (χ3n) is 6.13. The van der Waals surface area contributed by atoms with Crippen molar-refractivity contribution in [3.63, 3.8) is 0 Å². The number of rotatable bonds is 0. The zero-order valence-corrected chi connectivity index (χ0v) is 15.9. The van der Waals surface area contributed by atoms with Crippen molar-refractivity contribution < 1.29 is 4.57 Å². The number of nitrogens with zero attached hydrogens (tertiary/aromatic N) is 4. The van der Waals surface area contributed by atoms with Gasteiger partial charge in [-0.1, -0.05) is 0 Å². The van der Waals surface area contributed by atoms with Gasteiger partial charge in [-0.25, -0.2) is 9.41 Å². The van der Waals surface area contributed by atoms with Crippen molar-refractivity contribution in [2.45, 2.75) is 13.8 Å². The summed E-state index contributed by atoms with van der Waals surface area (Å²) in [5, 5.41) is 4.73. The van der Waals surface area contributed by atoms with Crippen LogP contribution in [0.2, 0.25) is 0 Å². The molecule has 2 aromatic carbocycles. The van der Waals surface area contributed by atoms with Crippen LogP contribution in [-0.2, 0) is 7.05 Å². The molecule has 0 radical (unpaired) electrons. The number of fused-ring (bicyclic) bond motifs is 5. The van der Waals surface area contributed by atoms with Gasteiger partial charge in [0, 0.05) is 17.6 Å². The summed E-state index contributed by atoms with van der Waals surface area (Å²) >= 11 is 0. The number of hydrogen-bond donors (Lipinski definition) is 0. The molecule has 0 spiro atoms. The van der Waals surface area contributed by atoms with Gasteiger partial charge < -0.3 is 4.40 Å². The van der Waals surface area contributed by atoms with Gasteiger partial charge in [0.25, 0.3) is 0 Å². The summed E-state index contributed by atoms with van der Waals surface area (Å²) < 4.78 is 4.52. The average Bonchev–Trinajstić information content (AvgIpc) is 3.04. The molecule has 0 aliphatic rings. The maximum Gasteiger partial charge on any atom is 0.224 e. The van der Waals surface area contributed by atoms with E-state index >= 15 is 0 Å². The summed E-state index contributed by atoms with van der Waals surface area (Å²) in [6.07, 6.45) is 3.95. The van der Waals surface area contributed by atoms with Crippen LogP contribution < -0.4 is 4.57 Å². The van der Waals surface area contributed by atoms with E-state index < -0.39 is 0 Å². The summed E-state index contributed by atoms with van der Waals surface area (Å²) in [4.78, 5) is 8.46. The lowest BCUT2D eigenvalue weighted by Gasteiger charge is -2.14. The van der Waals surface area contributed by atoms with Crippen molar-refractivity contribution in [3.05, 3.63) is 71.3 Å². The first-order chi connectivity index (χ1) is 13.6. The van der Waals surface area contributed by atoms with Gasteiger partial charge in [0.1, 0.15) is 7.05 Å². The Hall–Kier alpha value is -3.71. The highest BCUT2D eigenvalue weighted by Gasteiger charge is 2.25. The fourth-order valence-electron chi connectivity index (χ4n) is 4.77. The number of benzene rings is 2. The maximum absolute atomic E-state index is 7.58. The second-order valence-corrected chi connectivity index (χ2v) is 7.61. The number of hydrogen-bond acceptors (Lipinski definition) is 1. The van der Waals surface area contributed by atoms with Gasteiger partial charge in [-0.15, -0.1) is 0 Å². The molecule has 0 saturated carbocycles. The molecule has 0 bridgehead atoms. The average molecular weight is 361 g/mol. The maximum atomic E-state index is 7.58. The van der Waals surface area contributed by atoms with Crippen molar-refractivity contribution in [1.82, 2.24) is 9.38 Å². The first-order valence-electron chi connectivity index (χ1n) is 9.34. The first kappa shape index (κ1) is 15.4. The smallest absolute Gasteiger partial charge is 0.224 e. The van der Waals surface area contributed by atoms with E-state index in [9.17, 15) is 0 Å². The third-order valence-corrected chi connectivity index (χ3v) is 6.13. The van der Waals surface area contributed by atoms with Crippen LogP contribution in [0.4, 0.5) is 5.69 Å². The molecule has 4 heteroatoms. The van der Waals surface area contributed by atoms with Crippen molar-refractivity contribution >= 4 is 54.8 Å². The Morgan fingerprint density at radius 1 is 1.07 bits per heavy atom. The lowest BCUT2D eigenvalue weighted by atomic mass is 9.97. The predicted octanol–water partition coefficient (Wildman–Crippen LogP) is 5.38. The monoisotopic (exact) mass is 361 g/mol. The molecule has 6 aromatic rings. The Kier molecular flexibility index (Phi) is 2.72. The Morgan fingerprint density at radius 2 is 1.93 bits per heavy atom. The van der Waals surface area contributed by atoms with E-state index in [1.807, 2.05) is 24.4 Å². The Labute approximate surface area is 161 Å². The predicted molar refractivity (Wildman–Crippen MR) is 113 cm³/mol. The second kappa shape index (κ2) is 4.96. The largest absolute Gasteiger partial charge is 0.307 e. The van der Waals surface area contributed by atoms with Crippen LogP contribution in [0.5, 0.6) is 0 Å². The summed E-state index contributed by atoms with van der Waals surface area (Å²) in [6, 6.07) is 12.5. The summed E-state index contributed by atoms with van der Waals surface area (Å²) in [6.45, 7) is 12.0. The van der Waals surface area contributed by atoms with Gasteiger partial charge in [0.2, 0.25) is 5.52 Å². The van der Waals surface area contributed by atoms with E-state index in [1.54, 1.807) is 0 Å². The SMILES string of the molecule is [C-]#[N+]c1cc2cc[n+](C)c3c4c(C)c(C)cc5c6ncccc6n(c(c1)c23)c54. The van der Waals surface area contributed by atoms with Crippen LogP contribution >= 0.6 is 0 Å². The van der Waals surface area contributed by atoms with E-state index in [1.165, 1.54) is 38.3 Å². The van der Waals surface area contributed by atoms with E-state index in [0.29, 0.717) is 5.69 Å². The van der Waals surface area contributed by atoms with E-state index in [0.717, 1.165) is 21.9 Å². The quantitative estimate of drug-likeness (QED) is 0.154. The number of aromatic nitrogens is 3. The van der Waals surface area contributed by atoms with Crippen molar-refractivity contribution in [2.75, 3.05) is 0 Å². The second-order valence-electron chi connectivity index (χ2n) is 7.61. The van der Waals surface area contributed by atoms with Crippen molar-refractivity contribution in [2.24, 2.45) is 7.05 Å². The molecule has 132 valence electrons. The molecule has 4 aromatic heterocycles. The van der Waals surface area contributed by atoms with Crippen LogP contribution in [0, 0.1) is 20.4 Å². The molecular weight excluding hydrogens is 344 g/mol. The normalized spacial score (nSPS) is 12.1. The molecule has 0 amide bonds. The Balaban J connectivity index is 2.16. The number of aryl methyl sites for hydroxylation is 3. The first-order valence-corrected chi connectivity index (χ1v) is 9.34. The fourth-order valence-corrected chi connectivity index (χ4v) is 4.77. The zero-order chi connectivity index (χ0) is 19.2. The van der Waals surface area contributed by atoms with Gasteiger partial charge >= 0.3 is 0 Å². The molecule has 0 atom stereocenters. The lowest BCUT2D eigenvalue weighted by molar-refractivity contribution is -0.643. The minimum absolute atomic E-state index is 0.661. The minimum Gasteiger partial charge on any atom is -0.307 e. The highest BCUT2D eigenvalue weighted by Crippen LogP contribution is 2.41. The molecule has 0 aliphatic heterocycles. The molecule has 0 unspecified atom stereocenters. The van der Waals surface area contributed by atoms with Crippen LogP contribution in [0.3, 0.4) is 0 Å². The third kappa shape index (κ3) is 1.65. The molecule has 28 heavy (non-hydrogen) atoms. The van der Waals surface area contributed by atoms with Crippen LogP contribution in [-0.4, -0.2) is 9.38 Å². The number of pyridine rings is 3. The topological polar surface area (TPSA) is 25.5 Å². The molecule has 0 aliphatic carbocycles. The van der Waals surface area contributed by atoms with Gasteiger partial charge in [0.15, 0.2) is 11.9 Å². The van der Waals surface area contributed by atoms with Crippen LogP contribution in [0.15, 0.2) is 48.8 Å². The van der Waals surface area contributed by atoms with Crippen molar-refractivity contribution in [1.29, 1.82) is 0 Å². The van der Waals surface area contributed by atoms with E-state index in [2.05, 4.69) is 59.1 Å². The van der Waals surface area contributed by atoms with Gasteiger partial charge in [-0.2, -0.15) is 0 Å². The van der Waals surface area contributed by atoms with Gasteiger partial charge in [0.05, 0.1) is 39.4 Å². The van der Waals surface area contributed by atoms with E-state index in [-0.39, 0.29) is 0 Å². The zero-order valence-electron chi connectivity index (χ0n) is 15.9. The molecular formula is C24H17N4+. The lowest BCUT2D eigenvalue weighted by Crippen LogP contribution is -2.29. The van der Waals surface area contributed by atoms with Gasteiger partial charge in [-0.05, 0) is 60.7 Å². The summed E-state index contributed by atoms with van der Waals surface area (Å²) in [5.74, 6) is 0. The Morgan fingerprint density at radius 3 is 2.75 bits per heavy atom. The highest BCUT2D eigenvalue weighted by molar-refractivity contribution is 6.25. The molecule has 4 nitrogen and oxygen atoms in total. The molecule has 6 rings (SSSR count). The highest BCUT2D eigenvalue weighted by atomic mass is 15.0. The molecule has 0 N–H and O–H groups in total. The van der Waals surface area contributed by atoms with Crippen molar-refractivity contribution in [3.8, 4) is 0 Å². The standard InChI is InChI=1S/C24H17N4/c1-13-10-17-22-18(6-5-8-26-22)28-19-12-16(25-3)11-15-7-9-27(4)24(21(15)19)20(14(13)2)23(17)28/h5-12H,1-2,4H3/q+1. The van der Waals surface area contributed by atoms with Gasteiger partial charge in [-0.3, -0.25) is 4.98 Å². The Bertz CT molecular complexity index is 1650. The molecule has 4 heterocycles. The van der Waals surface area contributed by atoms with E-state index in [4.69, 9.17) is 11.6 Å². The summed E-state index contributed by atoms with van der Waals surface area (Å²) in [7, 11) is 2.10. The summed E-state index contributed by atoms with van der Waals surface area (Å²) in [5.41, 5.74) is 8.79.